The van der Waals surface area contributed by atoms with Gasteiger partial charge in [0.2, 0.25) is 0 Å². The highest BCUT2D eigenvalue weighted by atomic mass is 32.1. The Morgan fingerprint density at radius 3 is 2.63 bits per heavy atom. The van der Waals surface area contributed by atoms with E-state index in [9.17, 15) is 14.4 Å². The number of carboxylic acid groups (broad SMARTS) is 1. The van der Waals surface area contributed by atoms with Gasteiger partial charge in [-0.3, -0.25) is 19.7 Å². The van der Waals surface area contributed by atoms with Gasteiger partial charge in [-0.05, 0) is 37.3 Å². The molecule has 1 aromatic rings. The van der Waals surface area contributed by atoms with E-state index in [1.165, 1.54) is 6.20 Å². The van der Waals surface area contributed by atoms with Crippen molar-refractivity contribution in [2.75, 3.05) is 11.9 Å². The van der Waals surface area contributed by atoms with Crippen LogP contribution in [0.3, 0.4) is 0 Å². The van der Waals surface area contributed by atoms with Crippen molar-refractivity contribution in [2.24, 2.45) is 5.92 Å². The third kappa shape index (κ3) is 8.17. The molecule has 1 amide bonds. The van der Waals surface area contributed by atoms with E-state index in [0.717, 1.165) is 42.0 Å². The molecule has 0 bridgehead atoms. The monoisotopic (exact) mass is 393 g/mol. The van der Waals surface area contributed by atoms with Gasteiger partial charge < -0.3 is 10.4 Å². The SMILES string of the molecule is CC/C(NCCC(C)C)=C(C)/C=C(\C=O)C(=O)Nc1ncc(CC(=O)O)s1. The maximum Gasteiger partial charge on any atom is 0.308 e. The summed E-state index contributed by atoms with van der Waals surface area (Å²) >= 11 is 1.07. The van der Waals surface area contributed by atoms with Gasteiger partial charge in [0.15, 0.2) is 11.4 Å². The molecular formula is C19H27N3O4S. The second-order valence-electron chi connectivity index (χ2n) is 6.50. The van der Waals surface area contributed by atoms with Crippen LogP contribution < -0.4 is 10.6 Å². The number of rotatable bonds is 11. The van der Waals surface area contributed by atoms with Crippen molar-refractivity contribution < 1.29 is 19.5 Å². The van der Waals surface area contributed by atoms with Crippen LogP contribution >= 0.6 is 11.3 Å². The zero-order chi connectivity index (χ0) is 20.4. The average Bonchev–Trinajstić information content (AvgIpc) is 3.01. The van der Waals surface area contributed by atoms with Gasteiger partial charge in [-0.2, -0.15) is 0 Å². The highest BCUT2D eigenvalue weighted by Crippen LogP contribution is 2.19. The van der Waals surface area contributed by atoms with Gasteiger partial charge in [-0.25, -0.2) is 4.98 Å². The molecule has 0 radical (unpaired) electrons. The quantitative estimate of drug-likeness (QED) is 0.175. The van der Waals surface area contributed by atoms with Gasteiger partial charge in [0.1, 0.15) is 0 Å². The van der Waals surface area contributed by atoms with Gasteiger partial charge >= 0.3 is 5.97 Å². The Kier molecular flexibility index (Phi) is 9.42. The first-order valence-electron chi connectivity index (χ1n) is 8.85. The molecule has 7 nitrogen and oxygen atoms in total. The maximum atomic E-state index is 12.3. The maximum absolute atomic E-state index is 12.3. The summed E-state index contributed by atoms with van der Waals surface area (Å²) in [5, 5.41) is 14.9. The molecule has 0 spiro atoms. The number of carbonyl (C=O) groups excluding carboxylic acids is 2. The number of hydrogen-bond acceptors (Lipinski definition) is 6. The van der Waals surface area contributed by atoms with Gasteiger partial charge in [-0.1, -0.05) is 20.8 Å². The number of thiazole rings is 1. The number of anilines is 1. The summed E-state index contributed by atoms with van der Waals surface area (Å²) < 4.78 is 0. The summed E-state index contributed by atoms with van der Waals surface area (Å²) in [6, 6.07) is 0. The number of nitrogens with zero attached hydrogens (tertiary/aromatic N) is 1. The normalized spacial score (nSPS) is 12.6. The minimum absolute atomic E-state index is 0.0147. The van der Waals surface area contributed by atoms with Gasteiger partial charge in [0.05, 0.1) is 12.0 Å². The van der Waals surface area contributed by atoms with Crippen molar-refractivity contribution in [3.8, 4) is 0 Å². The first-order chi connectivity index (χ1) is 12.8. The van der Waals surface area contributed by atoms with Crippen LogP contribution in [0.1, 0.15) is 45.4 Å². The molecule has 1 aromatic heterocycles. The van der Waals surface area contributed by atoms with Gasteiger partial charge in [0.25, 0.3) is 5.91 Å². The molecule has 8 heteroatoms. The summed E-state index contributed by atoms with van der Waals surface area (Å²) in [6.07, 6.45) is 5.09. The Hall–Kier alpha value is -2.48. The molecule has 0 aliphatic rings. The van der Waals surface area contributed by atoms with Crippen molar-refractivity contribution in [1.82, 2.24) is 10.3 Å². The molecule has 0 saturated heterocycles. The molecule has 0 aliphatic heterocycles. The molecule has 0 saturated carbocycles. The predicted molar refractivity (Wildman–Crippen MR) is 107 cm³/mol. The lowest BCUT2D eigenvalue weighted by molar-refractivity contribution is -0.136. The molecule has 0 unspecified atom stereocenters. The smallest absolute Gasteiger partial charge is 0.308 e. The minimum atomic E-state index is -0.970. The number of aromatic nitrogens is 1. The van der Waals surface area contributed by atoms with Crippen LogP contribution in [0, 0.1) is 5.92 Å². The first kappa shape index (κ1) is 22.6. The second-order valence-corrected chi connectivity index (χ2v) is 7.61. The van der Waals surface area contributed by atoms with E-state index in [1.807, 2.05) is 13.8 Å². The van der Waals surface area contributed by atoms with Crippen molar-refractivity contribution in [3.05, 3.63) is 34.0 Å². The summed E-state index contributed by atoms with van der Waals surface area (Å²) in [5.41, 5.74) is 1.80. The molecule has 0 aromatic carbocycles. The Morgan fingerprint density at radius 1 is 1.37 bits per heavy atom. The van der Waals surface area contributed by atoms with Crippen molar-refractivity contribution >= 4 is 34.6 Å². The highest BCUT2D eigenvalue weighted by Gasteiger charge is 2.13. The minimum Gasteiger partial charge on any atom is -0.481 e. The highest BCUT2D eigenvalue weighted by molar-refractivity contribution is 7.15. The average molecular weight is 394 g/mol. The molecule has 3 N–H and O–H groups in total. The number of carboxylic acids is 1. The van der Waals surface area contributed by atoms with Crippen LogP contribution in [0.2, 0.25) is 0 Å². The number of amides is 1. The number of aldehydes is 1. The predicted octanol–water partition coefficient (Wildman–Crippen LogP) is 3.15. The molecule has 148 valence electrons. The molecule has 0 aliphatic carbocycles. The number of allylic oxidation sites excluding steroid dienone is 3. The van der Waals surface area contributed by atoms with E-state index in [1.54, 1.807) is 6.08 Å². The van der Waals surface area contributed by atoms with E-state index in [0.29, 0.717) is 17.1 Å². The summed E-state index contributed by atoms with van der Waals surface area (Å²) in [5.74, 6) is -0.951. The summed E-state index contributed by atoms with van der Waals surface area (Å²) in [6.45, 7) is 9.00. The van der Waals surface area contributed by atoms with E-state index in [4.69, 9.17) is 5.11 Å². The van der Waals surface area contributed by atoms with Crippen LogP contribution in [0.4, 0.5) is 5.13 Å². The standard InChI is InChI=1S/C19H27N3O4S/c1-5-16(20-7-6-12(2)3)13(4)8-14(11-23)18(26)22-19-21-10-15(27-19)9-17(24)25/h8,10-12,20H,5-7,9H2,1-4H3,(H,24,25)(H,21,22,26)/b14-8+,16-13-. The Morgan fingerprint density at radius 2 is 2.07 bits per heavy atom. The number of carbonyl (C=O) groups is 3. The van der Waals surface area contributed by atoms with Crippen molar-refractivity contribution in [3.63, 3.8) is 0 Å². The molecule has 27 heavy (non-hydrogen) atoms. The number of nitrogens with one attached hydrogen (secondary N) is 2. The molecule has 0 fully saturated rings. The third-order valence-corrected chi connectivity index (χ3v) is 4.66. The van der Waals surface area contributed by atoms with E-state index in [2.05, 4.69) is 29.5 Å². The third-order valence-electron chi connectivity index (χ3n) is 3.75. The van der Waals surface area contributed by atoms with E-state index >= 15 is 0 Å². The molecule has 1 rings (SSSR count). The Bertz CT molecular complexity index is 735. The lowest BCUT2D eigenvalue weighted by Gasteiger charge is -2.13. The van der Waals surface area contributed by atoms with E-state index < -0.39 is 11.9 Å². The largest absolute Gasteiger partial charge is 0.481 e. The fourth-order valence-corrected chi connectivity index (χ4v) is 3.09. The zero-order valence-electron chi connectivity index (χ0n) is 16.2. The molecule has 1 heterocycles. The van der Waals surface area contributed by atoms with Crippen LogP contribution in [0.15, 0.2) is 29.1 Å². The van der Waals surface area contributed by atoms with Crippen LogP contribution in [-0.4, -0.2) is 34.8 Å². The Labute approximate surface area is 163 Å². The molecule has 0 atom stereocenters. The van der Waals surface area contributed by atoms with E-state index in [-0.39, 0.29) is 17.1 Å². The fraction of sp³-hybridized carbons (Fsp3) is 0.474. The second kappa shape index (κ2) is 11.3. The lowest BCUT2D eigenvalue weighted by atomic mass is 10.1. The van der Waals surface area contributed by atoms with Gasteiger partial charge in [-0.15, -0.1) is 11.3 Å². The number of hydrogen-bond donors (Lipinski definition) is 3. The van der Waals surface area contributed by atoms with Crippen molar-refractivity contribution in [1.29, 1.82) is 0 Å². The lowest BCUT2D eigenvalue weighted by Crippen LogP contribution is -2.18. The number of aliphatic carboxylic acids is 1. The summed E-state index contributed by atoms with van der Waals surface area (Å²) in [7, 11) is 0. The molecular weight excluding hydrogens is 366 g/mol. The zero-order valence-corrected chi connectivity index (χ0v) is 17.0. The Balaban J connectivity index is 2.85. The first-order valence-corrected chi connectivity index (χ1v) is 9.66. The van der Waals surface area contributed by atoms with Crippen LogP contribution in [0.5, 0.6) is 0 Å². The van der Waals surface area contributed by atoms with Crippen LogP contribution in [0.25, 0.3) is 0 Å². The van der Waals surface area contributed by atoms with Gasteiger partial charge in [0, 0.05) is 23.3 Å². The fourth-order valence-electron chi connectivity index (χ4n) is 2.29. The topological polar surface area (TPSA) is 108 Å². The van der Waals surface area contributed by atoms with Crippen molar-refractivity contribution in [2.45, 2.75) is 47.0 Å². The summed E-state index contributed by atoms with van der Waals surface area (Å²) in [4.78, 5) is 38.9. The van der Waals surface area contributed by atoms with Crippen LogP contribution in [-0.2, 0) is 20.8 Å².